The molecule has 1 N–H and O–H groups in total. The summed E-state index contributed by atoms with van der Waals surface area (Å²) < 4.78 is 19.2. The van der Waals surface area contributed by atoms with Gasteiger partial charge in [-0.15, -0.1) is 11.3 Å². The van der Waals surface area contributed by atoms with Gasteiger partial charge in [0.05, 0.1) is 27.6 Å². The van der Waals surface area contributed by atoms with Crippen molar-refractivity contribution in [2.24, 2.45) is 0 Å². The second-order valence-electron chi connectivity index (χ2n) is 6.01. The second-order valence-corrected chi connectivity index (χ2v) is 7.44. The summed E-state index contributed by atoms with van der Waals surface area (Å²) in [6, 6.07) is 3.89. The van der Waals surface area contributed by atoms with E-state index < -0.39 is 17.7 Å². The largest absolute Gasteiger partial charge is 0.462 e. The quantitative estimate of drug-likeness (QED) is 0.630. The van der Waals surface area contributed by atoms with Crippen LogP contribution in [0.1, 0.15) is 56.7 Å². The lowest BCUT2D eigenvalue weighted by Crippen LogP contribution is -2.30. The number of hydrogen-bond donors (Lipinski definition) is 1. The highest BCUT2D eigenvalue weighted by atomic mass is 35.5. The van der Waals surface area contributed by atoms with E-state index in [0.717, 1.165) is 17.4 Å². The van der Waals surface area contributed by atoms with Crippen LogP contribution in [0.4, 0.5) is 9.39 Å². The first-order valence-electron chi connectivity index (χ1n) is 9.11. The molecule has 156 valence electrons. The van der Waals surface area contributed by atoms with Crippen molar-refractivity contribution in [3.05, 3.63) is 50.6 Å². The van der Waals surface area contributed by atoms with Gasteiger partial charge in [0, 0.05) is 13.1 Å². The number of thiophene rings is 1. The van der Waals surface area contributed by atoms with Crippen LogP contribution >= 0.6 is 22.9 Å². The number of carbonyl (C=O) groups excluding carboxylic acids is 3. The molecular formula is C20H22ClFN2O4S. The van der Waals surface area contributed by atoms with Gasteiger partial charge in [0.25, 0.3) is 11.8 Å². The monoisotopic (exact) mass is 440 g/mol. The minimum atomic E-state index is -0.818. The van der Waals surface area contributed by atoms with E-state index in [4.69, 9.17) is 16.3 Å². The number of benzene rings is 1. The van der Waals surface area contributed by atoms with Crippen LogP contribution < -0.4 is 5.32 Å². The summed E-state index contributed by atoms with van der Waals surface area (Å²) in [7, 11) is 0. The number of nitrogens with one attached hydrogen (secondary N) is 1. The lowest BCUT2D eigenvalue weighted by atomic mass is 10.1. The van der Waals surface area contributed by atoms with Crippen molar-refractivity contribution in [2.45, 2.75) is 27.7 Å². The predicted octanol–water partition coefficient (Wildman–Crippen LogP) is 4.76. The first-order valence-corrected chi connectivity index (χ1v) is 10.3. The van der Waals surface area contributed by atoms with Crippen LogP contribution in [0.3, 0.4) is 0 Å². The van der Waals surface area contributed by atoms with Crippen molar-refractivity contribution in [3.63, 3.8) is 0 Å². The molecule has 0 unspecified atom stereocenters. The van der Waals surface area contributed by atoms with E-state index in [9.17, 15) is 18.8 Å². The Kier molecular flexibility index (Phi) is 7.75. The molecule has 0 atom stereocenters. The molecule has 6 nitrogen and oxygen atoms in total. The van der Waals surface area contributed by atoms with E-state index in [1.54, 1.807) is 18.7 Å². The molecule has 0 aliphatic rings. The highest BCUT2D eigenvalue weighted by molar-refractivity contribution is 7.18. The smallest absolute Gasteiger partial charge is 0.341 e. The highest BCUT2D eigenvalue weighted by Gasteiger charge is 2.29. The van der Waals surface area contributed by atoms with Gasteiger partial charge in [-0.1, -0.05) is 17.7 Å². The van der Waals surface area contributed by atoms with Gasteiger partial charge < -0.3 is 15.0 Å². The van der Waals surface area contributed by atoms with E-state index in [1.165, 1.54) is 12.1 Å². The zero-order chi connectivity index (χ0) is 21.7. The molecule has 0 saturated carbocycles. The molecule has 2 aromatic rings. The third kappa shape index (κ3) is 4.76. The number of halogens is 2. The molecule has 0 fully saturated rings. The second kappa shape index (κ2) is 9.84. The number of ether oxygens (including phenoxy) is 1. The van der Waals surface area contributed by atoms with Gasteiger partial charge in [0.15, 0.2) is 0 Å². The van der Waals surface area contributed by atoms with Crippen LogP contribution in [0, 0.1) is 12.7 Å². The number of nitrogens with zero attached hydrogens (tertiary/aromatic N) is 1. The predicted molar refractivity (Wildman–Crippen MR) is 112 cm³/mol. The minimum absolute atomic E-state index is 0.0621. The van der Waals surface area contributed by atoms with Crippen LogP contribution in [0.15, 0.2) is 18.2 Å². The molecule has 1 aromatic carbocycles. The number of esters is 1. The summed E-state index contributed by atoms with van der Waals surface area (Å²) in [6.07, 6.45) is 0. The van der Waals surface area contributed by atoms with E-state index >= 15 is 0 Å². The molecule has 1 aromatic heterocycles. The molecule has 9 heteroatoms. The Bertz CT molecular complexity index is 921. The Morgan fingerprint density at radius 2 is 1.83 bits per heavy atom. The van der Waals surface area contributed by atoms with Crippen molar-refractivity contribution in [2.75, 3.05) is 25.0 Å². The topological polar surface area (TPSA) is 75.7 Å². The summed E-state index contributed by atoms with van der Waals surface area (Å²) in [5.74, 6) is -2.54. The summed E-state index contributed by atoms with van der Waals surface area (Å²) in [4.78, 5) is 39.9. The molecule has 2 amide bonds. The third-order valence-corrected chi connectivity index (χ3v) is 5.80. The third-order valence-electron chi connectivity index (χ3n) is 4.29. The zero-order valence-corrected chi connectivity index (χ0v) is 18.2. The molecule has 0 spiro atoms. The molecule has 2 rings (SSSR count). The maximum absolute atomic E-state index is 14.1. The van der Waals surface area contributed by atoms with Crippen LogP contribution in [-0.4, -0.2) is 42.4 Å². The lowest BCUT2D eigenvalue weighted by Gasteiger charge is -2.18. The molecule has 0 radical (unpaired) electrons. The SMILES string of the molecule is CCOC(=O)c1c(NC(=O)c2c(F)cccc2Cl)sc(C(=O)N(CC)CC)c1C. The van der Waals surface area contributed by atoms with Crippen molar-refractivity contribution in [1.29, 1.82) is 0 Å². The molecule has 0 aliphatic heterocycles. The van der Waals surface area contributed by atoms with Crippen molar-refractivity contribution < 1.29 is 23.5 Å². The maximum atomic E-state index is 14.1. The van der Waals surface area contributed by atoms with Gasteiger partial charge in [-0.25, -0.2) is 9.18 Å². The fraction of sp³-hybridized carbons (Fsp3) is 0.350. The van der Waals surface area contributed by atoms with Crippen molar-refractivity contribution in [1.82, 2.24) is 4.90 Å². The Morgan fingerprint density at radius 1 is 1.17 bits per heavy atom. The average molecular weight is 441 g/mol. The first kappa shape index (κ1) is 22.8. The Balaban J connectivity index is 2.52. The molecular weight excluding hydrogens is 419 g/mol. The average Bonchev–Trinajstić information content (AvgIpc) is 2.98. The van der Waals surface area contributed by atoms with Crippen LogP contribution in [0.5, 0.6) is 0 Å². The van der Waals surface area contributed by atoms with Gasteiger partial charge in [-0.2, -0.15) is 0 Å². The molecule has 29 heavy (non-hydrogen) atoms. The number of rotatable bonds is 7. The highest BCUT2D eigenvalue weighted by Crippen LogP contribution is 2.35. The molecule has 0 aliphatic carbocycles. The Hall–Kier alpha value is -2.45. The normalized spacial score (nSPS) is 10.6. The standard InChI is InChI=1S/C20H22ClFN2O4S/c1-5-24(6-2)19(26)16-11(4)14(20(27)28-7-3)18(29-16)23-17(25)15-12(21)9-8-10-13(15)22/h8-10H,5-7H2,1-4H3,(H,23,25). The summed E-state index contributed by atoms with van der Waals surface area (Å²) >= 11 is 6.91. The van der Waals surface area contributed by atoms with E-state index in [1.807, 2.05) is 13.8 Å². The molecule has 1 heterocycles. The van der Waals surface area contributed by atoms with Gasteiger partial charge in [-0.05, 0) is 45.4 Å². The van der Waals surface area contributed by atoms with E-state index in [2.05, 4.69) is 5.32 Å². The first-order chi connectivity index (χ1) is 13.8. The maximum Gasteiger partial charge on any atom is 0.341 e. The van der Waals surface area contributed by atoms with Crippen LogP contribution in [0.2, 0.25) is 5.02 Å². The fourth-order valence-electron chi connectivity index (χ4n) is 2.79. The van der Waals surface area contributed by atoms with Crippen LogP contribution in [-0.2, 0) is 4.74 Å². The van der Waals surface area contributed by atoms with E-state index in [0.29, 0.717) is 23.5 Å². The van der Waals surface area contributed by atoms with Crippen LogP contribution in [0.25, 0.3) is 0 Å². The van der Waals surface area contributed by atoms with Gasteiger partial charge >= 0.3 is 5.97 Å². The zero-order valence-electron chi connectivity index (χ0n) is 16.6. The number of hydrogen-bond acceptors (Lipinski definition) is 5. The molecule has 0 bridgehead atoms. The van der Waals surface area contributed by atoms with Gasteiger partial charge in [0.2, 0.25) is 0 Å². The Morgan fingerprint density at radius 3 is 2.38 bits per heavy atom. The van der Waals surface area contributed by atoms with Crippen molar-refractivity contribution in [3.8, 4) is 0 Å². The number of anilines is 1. The van der Waals surface area contributed by atoms with Gasteiger partial charge in [-0.3, -0.25) is 9.59 Å². The minimum Gasteiger partial charge on any atom is -0.462 e. The number of amides is 2. The molecule has 0 saturated heterocycles. The van der Waals surface area contributed by atoms with Crippen molar-refractivity contribution >= 4 is 45.7 Å². The van der Waals surface area contributed by atoms with E-state index in [-0.39, 0.29) is 33.7 Å². The summed E-state index contributed by atoms with van der Waals surface area (Å²) in [6.45, 7) is 8.07. The lowest BCUT2D eigenvalue weighted by molar-refractivity contribution is 0.0527. The van der Waals surface area contributed by atoms with Gasteiger partial charge in [0.1, 0.15) is 10.8 Å². The number of carbonyl (C=O) groups is 3. The summed E-state index contributed by atoms with van der Waals surface area (Å²) in [5.41, 5.74) is 0.139. The summed E-state index contributed by atoms with van der Waals surface area (Å²) in [5, 5.41) is 2.57. The fourth-order valence-corrected chi connectivity index (χ4v) is 4.20. The Labute approximate surface area is 177 Å².